The summed E-state index contributed by atoms with van der Waals surface area (Å²) in [5.41, 5.74) is 0.249. The Bertz CT molecular complexity index is 789. The van der Waals surface area contributed by atoms with Gasteiger partial charge in [0.15, 0.2) is 6.61 Å². The SMILES string of the molecule is O=C(COC(=O)CCNC(=O)c1cccs1)Nc1ccc([N+](=O)[O-])cc1. The third-order valence-corrected chi connectivity index (χ3v) is 3.95. The molecule has 136 valence electrons. The molecule has 1 heterocycles. The number of hydrogen-bond donors (Lipinski definition) is 2. The number of nitro benzene ring substituents is 1. The number of ether oxygens (including phenoxy) is 1. The van der Waals surface area contributed by atoms with Crippen molar-refractivity contribution in [2.75, 3.05) is 18.5 Å². The van der Waals surface area contributed by atoms with Gasteiger partial charge >= 0.3 is 5.97 Å². The van der Waals surface area contributed by atoms with Crippen LogP contribution in [0.2, 0.25) is 0 Å². The number of esters is 1. The van der Waals surface area contributed by atoms with Crippen LogP contribution >= 0.6 is 11.3 Å². The number of nitrogens with one attached hydrogen (secondary N) is 2. The van der Waals surface area contributed by atoms with E-state index < -0.39 is 23.4 Å². The topological polar surface area (TPSA) is 128 Å². The summed E-state index contributed by atoms with van der Waals surface area (Å²) in [6, 6.07) is 8.66. The molecule has 0 fully saturated rings. The van der Waals surface area contributed by atoms with Gasteiger partial charge in [-0.1, -0.05) is 6.07 Å². The van der Waals surface area contributed by atoms with E-state index in [1.54, 1.807) is 17.5 Å². The van der Waals surface area contributed by atoms with Gasteiger partial charge in [-0.3, -0.25) is 24.5 Å². The molecule has 2 aromatic rings. The maximum absolute atomic E-state index is 11.7. The lowest BCUT2D eigenvalue weighted by Crippen LogP contribution is -2.27. The molecule has 0 saturated carbocycles. The van der Waals surface area contributed by atoms with E-state index >= 15 is 0 Å². The molecule has 0 aliphatic carbocycles. The van der Waals surface area contributed by atoms with Gasteiger partial charge in [-0.05, 0) is 23.6 Å². The van der Waals surface area contributed by atoms with Crippen LogP contribution in [-0.2, 0) is 14.3 Å². The highest BCUT2D eigenvalue weighted by Gasteiger charge is 2.11. The van der Waals surface area contributed by atoms with Gasteiger partial charge in [0, 0.05) is 24.4 Å². The Balaban J connectivity index is 1.65. The first-order valence-corrected chi connectivity index (χ1v) is 8.35. The average molecular weight is 377 g/mol. The number of non-ortho nitro benzene ring substituents is 1. The number of nitrogens with zero attached hydrogens (tertiary/aromatic N) is 1. The molecule has 10 heteroatoms. The van der Waals surface area contributed by atoms with Gasteiger partial charge in [-0.15, -0.1) is 11.3 Å². The average Bonchev–Trinajstić information content (AvgIpc) is 3.15. The normalized spacial score (nSPS) is 10.0. The largest absolute Gasteiger partial charge is 0.456 e. The van der Waals surface area contributed by atoms with Gasteiger partial charge in [0.2, 0.25) is 0 Å². The van der Waals surface area contributed by atoms with Crippen LogP contribution in [0.5, 0.6) is 0 Å². The molecule has 26 heavy (non-hydrogen) atoms. The standard InChI is InChI=1S/C16H15N3O6S/c20-14(18-11-3-5-12(6-4-11)19(23)24)10-25-15(21)7-8-17-16(22)13-2-1-9-26-13/h1-6,9H,7-8,10H2,(H,17,22)(H,18,20). The summed E-state index contributed by atoms with van der Waals surface area (Å²) in [6.07, 6.45) is -0.0675. The van der Waals surface area contributed by atoms with Gasteiger partial charge in [-0.25, -0.2) is 0 Å². The van der Waals surface area contributed by atoms with Crippen molar-refractivity contribution >= 4 is 40.5 Å². The van der Waals surface area contributed by atoms with Crippen molar-refractivity contribution in [1.29, 1.82) is 0 Å². The molecule has 0 radical (unpaired) electrons. The van der Waals surface area contributed by atoms with Crippen molar-refractivity contribution in [3.05, 3.63) is 56.8 Å². The Morgan fingerprint density at radius 3 is 2.50 bits per heavy atom. The number of nitro groups is 1. The van der Waals surface area contributed by atoms with E-state index in [-0.39, 0.29) is 24.6 Å². The van der Waals surface area contributed by atoms with Crippen LogP contribution in [0, 0.1) is 10.1 Å². The highest BCUT2D eigenvalue weighted by atomic mass is 32.1. The van der Waals surface area contributed by atoms with Crippen LogP contribution in [0.25, 0.3) is 0 Å². The van der Waals surface area contributed by atoms with Gasteiger partial charge in [0.05, 0.1) is 16.2 Å². The number of benzene rings is 1. The Morgan fingerprint density at radius 2 is 1.88 bits per heavy atom. The number of amides is 2. The Kier molecular flexibility index (Phi) is 6.80. The molecule has 0 spiro atoms. The molecule has 0 aliphatic rings. The Labute approximate surface area is 152 Å². The van der Waals surface area contributed by atoms with Crippen LogP contribution in [0.15, 0.2) is 41.8 Å². The predicted octanol–water partition coefficient (Wildman–Crippen LogP) is 1.96. The number of hydrogen-bond acceptors (Lipinski definition) is 7. The summed E-state index contributed by atoms with van der Waals surface area (Å²) in [5, 5.41) is 17.3. The van der Waals surface area contributed by atoms with E-state index in [2.05, 4.69) is 10.6 Å². The zero-order valence-corrected chi connectivity index (χ0v) is 14.3. The smallest absolute Gasteiger partial charge is 0.308 e. The molecular weight excluding hydrogens is 362 g/mol. The number of rotatable bonds is 8. The molecule has 1 aromatic carbocycles. The fourth-order valence-electron chi connectivity index (χ4n) is 1.85. The van der Waals surface area contributed by atoms with Crippen LogP contribution in [0.3, 0.4) is 0 Å². The fraction of sp³-hybridized carbons (Fsp3) is 0.188. The molecule has 1 aromatic heterocycles. The Hall–Kier alpha value is -3.27. The first-order chi connectivity index (χ1) is 12.5. The molecule has 9 nitrogen and oxygen atoms in total. The van der Waals surface area contributed by atoms with Crippen molar-refractivity contribution in [3.63, 3.8) is 0 Å². The van der Waals surface area contributed by atoms with E-state index in [1.807, 2.05) is 0 Å². The predicted molar refractivity (Wildman–Crippen MR) is 94.0 cm³/mol. The van der Waals surface area contributed by atoms with Crippen molar-refractivity contribution in [1.82, 2.24) is 5.32 Å². The zero-order valence-electron chi connectivity index (χ0n) is 13.5. The lowest BCUT2D eigenvalue weighted by Gasteiger charge is -2.07. The number of carbonyl (C=O) groups is 3. The highest BCUT2D eigenvalue weighted by molar-refractivity contribution is 7.12. The second kappa shape index (κ2) is 9.28. The molecule has 0 unspecified atom stereocenters. The first-order valence-electron chi connectivity index (χ1n) is 7.47. The van der Waals surface area contributed by atoms with Gasteiger partial charge in [0.25, 0.3) is 17.5 Å². The minimum atomic E-state index is -0.629. The molecule has 2 rings (SSSR count). The van der Waals surface area contributed by atoms with Crippen LogP contribution in [0.1, 0.15) is 16.1 Å². The van der Waals surface area contributed by atoms with E-state index in [4.69, 9.17) is 4.74 Å². The molecule has 2 N–H and O–H groups in total. The molecule has 0 saturated heterocycles. The summed E-state index contributed by atoms with van der Waals surface area (Å²) in [6.45, 7) is -0.395. The van der Waals surface area contributed by atoms with E-state index in [1.165, 1.54) is 35.6 Å². The molecule has 2 amide bonds. The van der Waals surface area contributed by atoms with Crippen molar-refractivity contribution in [2.45, 2.75) is 6.42 Å². The summed E-state index contributed by atoms with van der Waals surface area (Å²) in [5.74, 6) is -1.48. The third-order valence-electron chi connectivity index (χ3n) is 3.09. The first kappa shape index (κ1) is 19.1. The van der Waals surface area contributed by atoms with E-state index in [9.17, 15) is 24.5 Å². The number of carbonyl (C=O) groups excluding carboxylic acids is 3. The van der Waals surface area contributed by atoms with Crippen molar-refractivity contribution in [3.8, 4) is 0 Å². The molecular formula is C16H15N3O6S. The lowest BCUT2D eigenvalue weighted by molar-refractivity contribution is -0.384. The van der Waals surface area contributed by atoms with Gasteiger partial charge in [-0.2, -0.15) is 0 Å². The zero-order chi connectivity index (χ0) is 18.9. The lowest BCUT2D eigenvalue weighted by atomic mass is 10.3. The highest BCUT2D eigenvalue weighted by Crippen LogP contribution is 2.15. The fourth-order valence-corrected chi connectivity index (χ4v) is 2.49. The minimum Gasteiger partial charge on any atom is -0.456 e. The van der Waals surface area contributed by atoms with Crippen LogP contribution in [0.4, 0.5) is 11.4 Å². The minimum absolute atomic E-state index is 0.0675. The van der Waals surface area contributed by atoms with Crippen LogP contribution in [-0.4, -0.2) is 35.9 Å². The quantitative estimate of drug-likeness (QED) is 0.411. The summed E-state index contributed by atoms with van der Waals surface area (Å²) in [4.78, 5) is 45.4. The molecule has 0 atom stereocenters. The van der Waals surface area contributed by atoms with E-state index in [0.29, 0.717) is 10.6 Å². The maximum Gasteiger partial charge on any atom is 0.308 e. The maximum atomic E-state index is 11.7. The van der Waals surface area contributed by atoms with Gasteiger partial charge in [0.1, 0.15) is 0 Å². The second-order valence-corrected chi connectivity index (χ2v) is 5.94. The summed E-state index contributed by atoms with van der Waals surface area (Å²) in [7, 11) is 0. The number of thiophene rings is 1. The third kappa shape index (κ3) is 5.98. The Morgan fingerprint density at radius 1 is 1.15 bits per heavy atom. The van der Waals surface area contributed by atoms with E-state index in [0.717, 1.165) is 0 Å². The monoisotopic (exact) mass is 377 g/mol. The van der Waals surface area contributed by atoms with Crippen molar-refractivity contribution < 1.29 is 24.0 Å². The number of anilines is 1. The second-order valence-electron chi connectivity index (χ2n) is 5.00. The van der Waals surface area contributed by atoms with Crippen LogP contribution < -0.4 is 10.6 Å². The van der Waals surface area contributed by atoms with Gasteiger partial charge < -0.3 is 15.4 Å². The molecule has 0 aliphatic heterocycles. The molecule has 0 bridgehead atoms. The summed E-state index contributed by atoms with van der Waals surface area (Å²) < 4.78 is 4.80. The summed E-state index contributed by atoms with van der Waals surface area (Å²) >= 11 is 1.29. The van der Waals surface area contributed by atoms with Crippen molar-refractivity contribution in [2.24, 2.45) is 0 Å².